The Bertz CT molecular complexity index is 275. The van der Waals surface area contributed by atoms with E-state index in [4.69, 9.17) is 18.0 Å². The highest BCUT2D eigenvalue weighted by Gasteiger charge is 2.13. The molecule has 4 nitrogen and oxygen atoms in total. The van der Waals surface area contributed by atoms with Crippen LogP contribution in [-0.4, -0.2) is 25.2 Å². The van der Waals surface area contributed by atoms with Crippen LogP contribution in [0.4, 0.5) is 0 Å². The molecule has 0 amide bonds. The Morgan fingerprint density at radius 2 is 2.14 bits per heavy atom. The highest BCUT2D eigenvalue weighted by Crippen LogP contribution is 1.98. The minimum atomic E-state index is -3.15. The van der Waals surface area contributed by atoms with Gasteiger partial charge in [0.05, 0.1) is 10.7 Å². The molecule has 3 N–H and O–H groups in total. The van der Waals surface area contributed by atoms with Crippen LogP contribution >= 0.6 is 12.2 Å². The number of sulfonamides is 1. The molecule has 0 radical (unpaired) electrons. The maximum absolute atomic E-state index is 11.4. The summed E-state index contributed by atoms with van der Waals surface area (Å²) in [4.78, 5) is 0.329. The average Bonchev–Trinajstić information content (AvgIpc) is 1.98. The van der Waals surface area contributed by atoms with Gasteiger partial charge in [-0.25, -0.2) is 13.1 Å². The quantitative estimate of drug-likeness (QED) is 0.643. The number of nitrogens with two attached hydrogens (primary N) is 1. The van der Waals surface area contributed by atoms with Crippen LogP contribution in [0, 0.1) is 0 Å². The first kappa shape index (κ1) is 13.8. The summed E-state index contributed by atoms with van der Waals surface area (Å²) in [5, 5.41) is 0. The Labute approximate surface area is 91.3 Å². The molecular formula is C8H18N2O2S2. The van der Waals surface area contributed by atoms with E-state index in [9.17, 15) is 8.42 Å². The van der Waals surface area contributed by atoms with Crippen molar-refractivity contribution in [3.05, 3.63) is 0 Å². The molecule has 0 aromatic carbocycles. The molecule has 0 aliphatic heterocycles. The monoisotopic (exact) mass is 238 g/mol. The molecule has 0 saturated carbocycles. The lowest BCUT2D eigenvalue weighted by Gasteiger charge is -2.12. The third-order valence-corrected chi connectivity index (χ3v) is 3.41. The predicted octanol–water partition coefficient (Wildman–Crippen LogP) is 0.771. The van der Waals surface area contributed by atoms with Gasteiger partial charge in [-0.2, -0.15) is 0 Å². The molecule has 84 valence electrons. The Hall–Kier alpha value is -0.200. The highest BCUT2D eigenvalue weighted by molar-refractivity contribution is 7.89. The second-order valence-corrected chi connectivity index (χ2v) is 5.76. The van der Waals surface area contributed by atoms with Crippen LogP contribution in [0.3, 0.4) is 0 Å². The van der Waals surface area contributed by atoms with Gasteiger partial charge >= 0.3 is 0 Å². The highest BCUT2D eigenvalue weighted by atomic mass is 32.2. The van der Waals surface area contributed by atoms with Gasteiger partial charge < -0.3 is 5.73 Å². The second-order valence-electron chi connectivity index (χ2n) is 3.36. The minimum absolute atomic E-state index is 0.172. The van der Waals surface area contributed by atoms with Crippen LogP contribution in [-0.2, 0) is 10.0 Å². The first-order valence-electron chi connectivity index (χ1n) is 4.65. The van der Waals surface area contributed by atoms with E-state index in [0.29, 0.717) is 17.8 Å². The fourth-order valence-electron chi connectivity index (χ4n) is 1.04. The first-order valence-corrected chi connectivity index (χ1v) is 6.71. The first-order chi connectivity index (χ1) is 6.37. The third kappa shape index (κ3) is 7.23. The van der Waals surface area contributed by atoms with Gasteiger partial charge in [0.25, 0.3) is 0 Å². The van der Waals surface area contributed by atoms with Crippen LogP contribution in [0.2, 0.25) is 0 Å². The second kappa shape index (κ2) is 6.31. The molecule has 0 aliphatic rings. The zero-order valence-corrected chi connectivity index (χ0v) is 10.2. The van der Waals surface area contributed by atoms with Crippen molar-refractivity contribution >= 4 is 27.2 Å². The predicted molar refractivity (Wildman–Crippen MR) is 62.7 cm³/mol. The lowest BCUT2D eigenvalue weighted by atomic mass is 10.3. The number of unbranched alkanes of at least 4 members (excludes halogenated alkanes) is 1. The van der Waals surface area contributed by atoms with Crippen molar-refractivity contribution in [2.24, 2.45) is 5.73 Å². The molecule has 0 aromatic heterocycles. The molecule has 0 bridgehead atoms. The maximum Gasteiger partial charge on any atom is 0.211 e. The molecule has 1 atom stereocenters. The van der Waals surface area contributed by atoms with Gasteiger partial charge in [0, 0.05) is 12.5 Å². The maximum atomic E-state index is 11.4. The average molecular weight is 238 g/mol. The van der Waals surface area contributed by atoms with Gasteiger partial charge in [-0.3, -0.25) is 0 Å². The van der Waals surface area contributed by atoms with Crippen LogP contribution in [0.5, 0.6) is 0 Å². The molecule has 0 spiro atoms. The van der Waals surface area contributed by atoms with Crippen LogP contribution in [0.15, 0.2) is 0 Å². The van der Waals surface area contributed by atoms with Crippen LogP contribution < -0.4 is 10.5 Å². The van der Waals surface area contributed by atoms with Gasteiger partial charge in [-0.1, -0.05) is 25.6 Å². The van der Waals surface area contributed by atoms with E-state index in [1.165, 1.54) is 0 Å². The molecule has 14 heavy (non-hydrogen) atoms. The summed E-state index contributed by atoms with van der Waals surface area (Å²) in [6, 6.07) is -0.214. The summed E-state index contributed by atoms with van der Waals surface area (Å²) in [6.45, 7) is 3.70. The number of hydrogen-bond acceptors (Lipinski definition) is 3. The van der Waals surface area contributed by atoms with Crippen molar-refractivity contribution in [1.82, 2.24) is 4.72 Å². The van der Waals surface area contributed by atoms with Gasteiger partial charge in [0.2, 0.25) is 10.0 Å². The summed E-state index contributed by atoms with van der Waals surface area (Å²) in [7, 11) is -3.15. The third-order valence-electron chi connectivity index (χ3n) is 1.65. The molecule has 0 saturated heterocycles. The molecule has 0 rings (SSSR count). The van der Waals surface area contributed by atoms with Crippen LogP contribution in [0.25, 0.3) is 0 Å². The van der Waals surface area contributed by atoms with Gasteiger partial charge in [0.1, 0.15) is 0 Å². The van der Waals surface area contributed by atoms with Crippen LogP contribution in [0.1, 0.15) is 33.1 Å². The van der Waals surface area contributed by atoms with Crippen molar-refractivity contribution in [3.63, 3.8) is 0 Å². The van der Waals surface area contributed by atoms with Gasteiger partial charge in [0.15, 0.2) is 0 Å². The number of hydrogen-bond donors (Lipinski definition) is 2. The molecule has 0 heterocycles. The van der Waals surface area contributed by atoms with Gasteiger partial charge in [-0.15, -0.1) is 0 Å². The summed E-state index contributed by atoms with van der Waals surface area (Å²) in [5.74, 6) is 0.172. The fourth-order valence-corrected chi connectivity index (χ4v) is 2.78. The lowest BCUT2D eigenvalue weighted by molar-refractivity contribution is 0.562. The van der Waals surface area contributed by atoms with Crippen molar-refractivity contribution in [3.8, 4) is 0 Å². The molecule has 1 unspecified atom stereocenters. The molecule has 0 fully saturated rings. The summed E-state index contributed by atoms with van der Waals surface area (Å²) in [5.41, 5.74) is 5.31. The van der Waals surface area contributed by atoms with Crippen molar-refractivity contribution in [1.29, 1.82) is 0 Å². The number of rotatable bonds is 7. The summed E-state index contributed by atoms with van der Waals surface area (Å²) >= 11 is 4.69. The Morgan fingerprint density at radius 1 is 1.57 bits per heavy atom. The Kier molecular flexibility index (Phi) is 6.22. The fraction of sp³-hybridized carbons (Fsp3) is 0.875. The zero-order valence-electron chi connectivity index (χ0n) is 8.62. The molecule has 0 aliphatic carbocycles. The van der Waals surface area contributed by atoms with E-state index in [1.807, 2.05) is 6.92 Å². The van der Waals surface area contributed by atoms with Crippen molar-refractivity contribution < 1.29 is 8.42 Å². The zero-order chi connectivity index (χ0) is 11.2. The minimum Gasteiger partial charge on any atom is -0.393 e. The molecule has 6 heteroatoms. The lowest BCUT2D eigenvalue weighted by Crippen LogP contribution is -2.36. The van der Waals surface area contributed by atoms with E-state index in [0.717, 1.165) is 6.42 Å². The SMILES string of the molecule is CCCCS(=O)(=O)NC(C)CC(N)=S. The molecular weight excluding hydrogens is 220 g/mol. The van der Waals surface area contributed by atoms with E-state index in [1.54, 1.807) is 6.92 Å². The summed E-state index contributed by atoms with van der Waals surface area (Å²) < 4.78 is 25.3. The van der Waals surface area contributed by atoms with E-state index >= 15 is 0 Å². The Balaban J connectivity index is 4.02. The topological polar surface area (TPSA) is 72.2 Å². The van der Waals surface area contributed by atoms with Crippen molar-refractivity contribution in [2.75, 3.05) is 5.75 Å². The standard InChI is InChI=1S/C8H18N2O2S2/c1-3-4-5-14(11,12)10-7(2)6-8(9)13/h7,10H,3-6H2,1-2H3,(H2,9,13). The largest absolute Gasteiger partial charge is 0.393 e. The summed E-state index contributed by atoms with van der Waals surface area (Å²) in [6.07, 6.45) is 1.94. The number of thiocarbonyl (C=S) groups is 1. The Morgan fingerprint density at radius 3 is 2.57 bits per heavy atom. The van der Waals surface area contributed by atoms with E-state index in [2.05, 4.69) is 4.72 Å². The smallest absolute Gasteiger partial charge is 0.211 e. The van der Waals surface area contributed by atoms with Gasteiger partial charge in [-0.05, 0) is 13.3 Å². The van der Waals surface area contributed by atoms with E-state index in [-0.39, 0.29) is 11.8 Å². The van der Waals surface area contributed by atoms with Crippen molar-refractivity contribution in [2.45, 2.75) is 39.2 Å². The molecule has 0 aromatic rings. The van der Waals surface area contributed by atoms with E-state index < -0.39 is 10.0 Å². The number of nitrogens with one attached hydrogen (secondary N) is 1. The normalized spacial score (nSPS) is 13.9.